The van der Waals surface area contributed by atoms with Gasteiger partial charge in [0.25, 0.3) is 0 Å². The molecule has 0 bridgehead atoms. The van der Waals surface area contributed by atoms with Gasteiger partial charge in [-0.3, -0.25) is 4.79 Å². The van der Waals surface area contributed by atoms with Crippen molar-refractivity contribution in [2.45, 2.75) is 253 Å². The fourth-order valence-electron chi connectivity index (χ4n) is 8.39. The van der Waals surface area contributed by atoms with Gasteiger partial charge in [-0.15, -0.1) is 0 Å². The topological polar surface area (TPSA) is 26.3 Å². The average molecular weight is 1590 g/mol. The summed E-state index contributed by atoms with van der Waals surface area (Å²) >= 11 is 0. The van der Waals surface area contributed by atoms with E-state index in [0.717, 1.165) is 19.1 Å². The summed E-state index contributed by atoms with van der Waals surface area (Å²) in [7, 11) is 0. The Balaban J connectivity index is 8.11. The van der Waals surface area contributed by atoms with E-state index in [-0.39, 0.29) is 0 Å². The number of hydrogen-bond acceptors (Lipinski definition) is 2. The van der Waals surface area contributed by atoms with Gasteiger partial charge in [-0.2, -0.15) is 224 Å². The maximum Gasteiger partial charge on any atom is 0.460 e. The first-order chi connectivity index (χ1) is 42.8. The molecule has 2 nitrogen and oxygen atoms in total. The molecule has 0 aliphatic rings. The van der Waals surface area contributed by atoms with Crippen LogP contribution in [0.25, 0.3) is 0 Å². The van der Waals surface area contributed by atoms with E-state index in [1.54, 1.807) is 0 Å². The predicted molar refractivity (Wildman–Crippen MR) is 224 cm³/mol. The molecule has 0 radical (unpaired) electrons. The lowest BCUT2D eigenvalue weighted by atomic mass is 9.70. The van der Waals surface area contributed by atoms with Crippen molar-refractivity contribution in [3.05, 3.63) is 12.2 Å². The van der Waals surface area contributed by atoms with Crippen molar-refractivity contribution < 1.29 is 233 Å². The van der Waals surface area contributed by atoms with E-state index in [9.17, 15) is 211 Å². The Bertz CT molecular complexity index is 2560. The van der Waals surface area contributed by atoms with Crippen molar-refractivity contribution >= 4 is 5.97 Å². The third-order valence-corrected chi connectivity index (χ3v) is 14.6. The number of hydrogen-bond donors (Lipinski definition) is 0. The second kappa shape index (κ2) is 28.3. The second-order valence-electron chi connectivity index (χ2n) is 21.6. The van der Waals surface area contributed by atoms with Crippen LogP contribution in [-0.4, -0.2) is 155 Å². The number of carbonyl (C=O) groups is 1. The van der Waals surface area contributed by atoms with Gasteiger partial charge in [-0.25, -0.2) is 0 Å². The van der Waals surface area contributed by atoms with Crippen molar-refractivity contribution in [1.82, 2.24) is 0 Å². The number of ether oxygens (including phenoxy) is 1. The summed E-state index contributed by atoms with van der Waals surface area (Å²) in [5.74, 6) is -184. The predicted octanol–water partition coefficient (Wildman–Crippen LogP) is 23.4. The summed E-state index contributed by atoms with van der Waals surface area (Å²) < 4.78 is 714. The van der Waals surface area contributed by atoms with E-state index < -0.39 is 264 Å². The van der Waals surface area contributed by atoms with Gasteiger partial charge >= 0.3 is 149 Å². The summed E-state index contributed by atoms with van der Waals surface area (Å²) in [6.07, 6.45) is -54.8. The Morgan fingerprint density at radius 2 is 0.414 bits per heavy atom. The highest BCUT2D eigenvalue weighted by atomic mass is 19.5. The van der Waals surface area contributed by atoms with Crippen LogP contribution in [0.5, 0.6) is 0 Å². The summed E-state index contributed by atoms with van der Waals surface area (Å²) in [5.41, 5.74) is -3.20. The zero-order chi connectivity index (χ0) is 80.2. The third kappa shape index (κ3) is 15.7. The molecule has 0 N–H and O–H groups in total. The zero-order valence-corrected chi connectivity index (χ0v) is 47.3. The van der Waals surface area contributed by atoms with Crippen molar-refractivity contribution in [2.24, 2.45) is 5.41 Å². The highest BCUT2D eigenvalue weighted by molar-refractivity contribution is 5.66. The molecule has 0 aromatic heterocycles. The number of allylic oxidation sites excluding steroid dienone is 1. The van der Waals surface area contributed by atoms with Gasteiger partial charge in [-0.05, 0) is 56.8 Å². The molecule has 0 heterocycles. The van der Waals surface area contributed by atoms with Crippen LogP contribution in [0.3, 0.4) is 0 Å². The molecule has 0 aromatic carbocycles. The van der Waals surface area contributed by atoms with Crippen molar-refractivity contribution in [3.8, 4) is 0 Å². The molecule has 0 aromatic rings. The molecule has 0 aliphatic carbocycles. The minimum absolute atomic E-state index is 0.568. The highest BCUT2D eigenvalue weighted by Gasteiger charge is 2.98. The van der Waals surface area contributed by atoms with Gasteiger partial charge in [0.2, 0.25) is 0 Å². The van der Waals surface area contributed by atoms with Crippen LogP contribution < -0.4 is 0 Å². The van der Waals surface area contributed by atoms with Gasteiger partial charge in [-0.1, -0.05) is 44.3 Å². The van der Waals surface area contributed by atoms with E-state index in [0.29, 0.717) is 0 Å². The van der Waals surface area contributed by atoms with E-state index in [2.05, 4.69) is 4.74 Å². The van der Waals surface area contributed by atoms with Crippen molar-refractivity contribution in [1.29, 1.82) is 0 Å². The molecule has 53 heteroatoms. The highest BCUT2D eigenvalue weighted by Crippen LogP contribution is 2.69. The summed E-state index contributed by atoms with van der Waals surface area (Å²) in [6.45, 7) is 0.0640. The maximum absolute atomic E-state index is 15.5. The summed E-state index contributed by atoms with van der Waals surface area (Å²) in [6, 6.07) is 0. The minimum atomic E-state index is -9.33. The van der Waals surface area contributed by atoms with E-state index in [1.165, 1.54) is 0 Å². The Morgan fingerprint density at radius 3 is 0.636 bits per heavy atom. The second-order valence-corrected chi connectivity index (χ2v) is 21.6. The van der Waals surface area contributed by atoms with Crippen molar-refractivity contribution in [3.63, 3.8) is 0 Å². The average Bonchev–Trinajstić information content (AvgIpc) is 0.708. The molecule has 592 valence electrons. The van der Waals surface area contributed by atoms with Crippen LogP contribution in [0.15, 0.2) is 12.2 Å². The van der Waals surface area contributed by atoms with Gasteiger partial charge in [0.15, 0.2) is 0 Å². The molecule has 0 amide bonds. The number of esters is 1. The summed E-state index contributed by atoms with van der Waals surface area (Å²) in [4.78, 5) is 10.9. The van der Waals surface area contributed by atoms with E-state index in [4.69, 9.17) is 0 Å². The minimum Gasteiger partial charge on any atom is -0.462 e. The van der Waals surface area contributed by atoms with Crippen LogP contribution in [0, 0.1) is 5.41 Å². The van der Waals surface area contributed by atoms with E-state index in [1.807, 2.05) is 0 Å². The quantitative estimate of drug-likeness (QED) is 0.0265. The fraction of sp³-hybridized carbons (Fsp3) is 0.935. The molecule has 0 fully saturated rings. The molecule has 99 heavy (non-hydrogen) atoms. The number of halogens is 51. The molecule has 0 unspecified atom stereocenters. The molecule has 0 saturated heterocycles. The van der Waals surface area contributed by atoms with Crippen LogP contribution in [-0.2, 0) is 9.53 Å². The maximum atomic E-state index is 15.5. The molecule has 0 atom stereocenters. The first-order valence-corrected chi connectivity index (χ1v) is 25.7. The van der Waals surface area contributed by atoms with Gasteiger partial charge < -0.3 is 4.74 Å². The molecular weight excluding hydrogens is 1550 g/mol. The van der Waals surface area contributed by atoms with Crippen LogP contribution in [0.4, 0.5) is 224 Å². The number of carbonyl (C=O) groups excluding carboxylic acids is 1. The Morgan fingerprint density at radius 1 is 0.222 bits per heavy atom. The van der Waals surface area contributed by atoms with Gasteiger partial charge in [0, 0.05) is 26.2 Å². The fourth-order valence-corrected chi connectivity index (χ4v) is 8.39. The largest absolute Gasteiger partial charge is 0.462 e. The Kier molecular flexibility index (Phi) is 27.0. The lowest BCUT2D eigenvalue weighted by Gasteiger charge is -2.43. The molecule has 0 aliphatic heterocycles. The first-order valence-electron chi connectivity index (χ1n) is 25.7. The lowest BCUT2D eigenvalue weighted by molar-refractivity contribution is -0.462. The summed E-state index contributed by atoms with van der Waals surface area (Å²) in [5, 5.41) is 0. The molecular formula is C46H39F51O2. The lowest BCUT2D eigenvalue weighted by Crippen LogP contribution is -2.74. The van der Waals surface area contributed by atoms with E-state index >= 15 is 17.6 Å². The van der Waals surface area contributed by atoms with Crippen LogP contribution in [0.1, 0.15) is 110 Å². The number of unbranched alkanes of at least 4 members (excludes halogenated alkanes) is 6. The first kappa shape index (κ1) is 94.6. The monoisotopic (exact) mass is 1590 g/mol. The molecule has 0 saturated carbocycles. The Hall–Kier alpha value is -4.36. The van der Waals surface area contributed by atoms with Crippen LogP contribution >= 0.6 is 0 Å². The smallest absolute Gasteiger partial charge is 0.460 e. The SMILES string of the molecule is CC(=O)OC/C=C/CCCCC(CCCCCC(F)(F)C(F)(F)C(F)(F)C(F)(F)C(F)(F)C(F)(F)C(F)(F)C(F)(F)F)(CCCCCC(F)(F)C(F)(F)C(F)(F)C(F)(F)C(F)(F)C(F)(F)C(F)(F)C(F)(F)F)CCC(F)(F)C(F)(F)C(F)(F)C(F)(F)C(F)(F)C(F)(F)C(F)(F)C(F)(F)F. The Labute approximate surface area is 516 Å². The molecule has 0 spiro atoms. The molecule has 0 rings (SSSR count). The number of alkyl halides is 51. The third-order valence-electron chi connectivity index (χ3n) is 14.6. The standard InChI is InChI=1S/C46H39F51O2/c1-21(98)99-20-12-4-2-3-7-13-22(18-19-25(51,52)28(57,58)31(63,64)34(69,70)37(75,76)40(81,82)43(87,88)46(95,96)97,14-8-5-10-16-23(47,48)26(53,54)29(59,60)32(65,66)35(71,72)38(77,78)41(83,84)44(89,90)91)15-9-6-11-17-24(49,50)27(55,56)30(61,62)33(67,68)36(73,74)39(79,80)42(85,86)45(92,93)94/h4,12H,2-3,5-11,13-20H2,1H3/b12-4+. The number of rotatable bonds is 40. The normalized spacial score (nSPS) is 16.4. The van der Waals surface area contributed by atoms with Gasteiger partial charge in [0.1, 0.15) is 6.61 Å². The van der Waals surface area contributed by atoms with Crippen molar-refractivity contribution in [2.75, 3.05) is 6.61 Å². The van der Waals surface area contributed by atoms with Crippen LogP contribution in [0.2, 0.25) is 0 Å². The zero-order valence-electron chi connectivity index (χ0n) is 47.3. The van der Waals surface area contributed by atoms with Gasteiger partial charge in [0.05, 0.1) is 0 Å².